The Hall–Kier alpha value is -1.35. The van der Waals surface area contributed by atoms with E-state index in [9.17, 15) is 4.79 Å². The maximum atomic E-state index is 14.0. The summed E-state index contributed by atoms with van der Waals surface area (Å²) in [6.45, 7) is 8.92. The molecule has 0 aromatic heterocycles. The van der Waals surface area contributed by atoms with E-state index in [4.69, 9.17) is 0 Å². The molecule has 4 bridgehead atoms. The van der Waals surface area contributed by atoms with Gasteiger partial charge in [0.15, 0.2) is 0 Å². The summed E-state index contributed by atoms with van der Waals surface area (Å²) in [5.74, 6) is 1.10. The normalized spacial score (nSPS) is 43.2. The first-order valence-corrected chi connectivity index (χ1v) is 11.4. The standard InChI is InChI=1S/C25H36N2O/c1-4-24-13-18-12-23(15-24,19-8-6-5-7-9-19)16-25(24,14-18)21(28)27-20-10-11-26-17-22(20,2)3/h5-9,18,20,26H,4,10-17H2,1-3H3,(H,27,28). The van der Waals surface area contributed by atoms with Gasteiger partial charge in [0.2, 0.25) is 5.91 Å². The van der Waals surface area contributed by atoms with Gasteiger partial charge in [-0.2, -0.15) is 0 Å². The number of amides is 1. The second-order valence-corrected chi connectivity index (χ2v) is 11.2. The Bertz CT molecular complexity index is 774. The van der Waals surface area contributed by atoms with Gasteiger partial charge in [0.05, 0.1) is 5.41 Å². The first-order chi connectivity index (χ1) is 13.3. The van der Waals surface area contributed by atoms with Crippen molar-refractivity contribution < 1.29 is 4.79 Å². The van der Waals surface area contributed by atoms with Crippen molar-refractivity contribution in [1.29, 1.82) is 0 Å². The average Bonchev–Trinajstić information content (AvgIpc) is 3.04. The summed E-state index contributed by atoms with van der Waals surface area (Å²) in [6, 6.07) is 11.4. The highest BCUT2D eigenvalue weighted by atomic mass is 16.2. The van der Waals surface area contributed by atoms with Crippen molar-refractivity contribution in [3.8, 4) is 0 Å². The van der Waals surface area contributed by atoms with E-state index in [1.165, 1.54) is 24.8 Å². The van der Waals surface area contributed by atoms with Gasteiger partial charge in [0.25, 0.3) is 0 Å². The second kappa shape index (κ2) is 6.08. The van der Waals surface area contributed by atoms with Gasteiger partial charge in [-0.15, -0.1) is 0 Å². The Morgan fingerprint density at radius 1 is 1.14 bits per heavy atom. The summed E-state index contributed by atoms with van der Waals surface area (Å²) in [4.78, 5) is 14.0. The van der Waals surface area contributed by atoms with Crippen LogP contribution in [0.15, 0.2) is 30.3 Å². The molecule has 1 aromatic carbocycles. The van der Waals surface area contributed by atoms with E-state index < -0.39 is 0 Å². The van der Waals surface area contributed by atoms with E-state index in [1.54, 1.807) is 0 Å². The molecule has 2 N–H and O–H groups in total. The summed E-state index contributed by atoms with van der Waals surface area (Å²) >= 11 is 0. The van der Waals surface area contributed by atoms with Gasteiger partial charge in [-0.05, 0) is 79.2 Å². The van der Waals surface area contributed by atoms with Crippen LogP contribution in [0.1, 0.15) is 71.3 Å². The fourth-order valence-electron chi connectivity index (χ4n) is 8.03. The van der Waals surface area contributed by atoms with Crippen molar-refractivity contribution >= 4 is 5.91 Å². The summed E-state index contributed by atoms with van der Waals surface area (Å²) in [5.41, 5.74) is 1.87. The van der Waals surface area contributed by atoms with Crippen LogP contribution in [0.3, 0.4) is 0 Å². The van der Waals surface area contributed by atoms with Crippen LogP contribution < -0.4 is 10.6 Å². The third-order valence-corrected chi connectivity index (χ3v) is 9.26. The van der Waals surface area contributed by atoms with E-state index in [1.807, 2.05) is 0 Å². The number of benzene rings is 1. The van der Waals surface area contributed by atoms with Gasteiger partial charge < -0.3 is 10.6 Å². The fraction of sp³-hybridized carbons (Fsp3) is 0.720. The number of carbonyl (C=O) groups excluding carboxylic acids is 1. The van der Waals surface area contributed by atoms with Crippen molar-refractivity contribution in [3.63, 3.8) is 0 Å². The molecule has 5 unspecified atom stereocenters. The molecule has 152 valence electrons. The number of rotatable bonds is 4. The summed E-state index contributed by atoms with van der Waals surface area (Å²) < 4.78 is 0. The molecular formula is C25H36N2O. The van der Waals surface area contributed by atoms with Gasteiger partial charge in [0, 0.05) is 12.6 Å². The van der Waals surface area contributed by atoms with E-state index >= 15 is 0 Å². The lowest BCUT2D eigenvalue weighted by Gasteiger charge is -2.44. The zero-order chi connectivity index (χ0) is 19.6. The first-order valence-electron chi connectivity index (χ1n) is 11.4. The van der Waals surface area contributed by atoms with E-state index in [2.05, 4.69) is 61.7 Å². The monoisotopic (exact) mass is 380 g/mol. The van der Waals surface area contributed by atoms with Crippen molar-refractivity contribution in [2.75, 3.05) is 13.1 Å². The van der Waals surface area contributed by atoms with Crippen LogP contribution in [0.25, 0.3) is 0 Å². The third-order valence-electron chi connectivity index (χ3n) is 9.26. The highest BCUT2D eigenvalue weighted by Crippen LogP contribution is 2.77. The van der Waals surface area contributed by atoms with Crippen LogP contribution in [-0.4, -0.2) is 25.0 Å². The van der Waals surface area contributed by atoms with Crippen LogP contribution >= 0.6 is 0 Å². The molecule has 1 heterocycles. The maximum absolute atomic E-state index is 14.0. The van der Waals surface area contributed by atoms with Crippen molar-refractivity contribution in [2.24, 2.45) is 22.2 Å². The van der Waals surface area contributed by atoms with Crippen LogP contribution in [0.5, 0.6) is 0 Å². The molecule has 6 rings (SSSR count). The molecule has 0 spiro atoms. The molecule has 1 aromatic rings. The van der Waals surface area contributed by atoms with Crippen molar-refractivity contribution in [2.45, 2.75) is 77.2 Å². The molecule has 5 atom stereocenters. The van der Waals surface area contributed by atoms with Crippen LogP contribution in [0, 0.1) is 22.2 Å². The number of piperidine rings is 1. The molecular weight excluding hydrogens is 344 g/mol. The predicted octanol–water partition coefficient (Wildman–Crippen LogP) is 4.42. The van der Waals surface area contributed by atoms with E-state index in [0.29, 0.717) is 5.91 Å². The Morgan fingerprint density at radius 2 is 1.93 bits per heavy atom. The molecule has 28 heavy (non-hydrogen) atoms. The number of hydrogen-bond donors (Lipinski definition) is 2. The lowest BCUT2D eigenvalue weighted by molar-refractivity contribution is -0.138. The smallest absolute Gasteiger partial charge is 0.227 e. The largest absolute Gasteiger partial charge is 0.352 e. The quantitative estimate of drug-likeness (QED) is 0.812. The minimum Gasteiger partial charge on any atom is -0.352 e. The fourth-order valence-corrected chi connectivity index (χ4v) is 8.03. The summed E-state index contributed by atoms with van der Waals surface area (Å²) in [5, 5.41) is 7.10. The topological polar surface area (TPSA) is 41.1 Å². The van der Waals surface area contributed by atoms with Gasteiger partial charge in [-0.25, -0.2) is 0 Å². The van der Waals surface area contributed by atoms with E-state index in [0.717, 1.165) is 44.7 Å². The van der Waals surface area contributed by atoms with Gasteiger partial charge in [0.1, 0.15) is 0 Å². The van der Waals surface area contributed by atoms with Gasteiger partial charge >= 0.3 is 0 Å². The highest BCUT2D eigenvalue weighted by molar-refractivity contribution is 5.86. The van der Waals surface area contributed by atoms with E-state index in [-0.39, 0.29) is 27.7 Å². The zero-order valence-electron chi connectivity index (χ0n) is 17.8. The summed E-state index contributed by atoms with van der Waals surface area (Å²) in [7, 11) is 0. The Balaban J connectivity index is 1.49. The molecule has 4 aliphatic carbocycles. The van der Waals surface area contributed by atoms with Crippen LogP contribution in [0.4, 0.5) is 0 Å². The zero-order valence-corrected chi connectivity index (χ0v) is 17.8. The molecule has 4 saturated carbocycles. The molecule has 5 aliphatic rings. The van der Waals surface area contributed by atoms with Crippen LogP contribution in [0.2, 0.25) is 0 Å². The molecule has 3 nitrogen and oxygen atoms in total. The van der Waals surface area contributed by atoms with Gasteiger partial charge in [-0.1, -0.05) is 51.1 Å². The molecule has 1 aliphatic heterocycles. The van der Waals surface area contributed by atoms with Gasteiger partial charge in [-0.3, -0.25) is 4.79 Å². The Labute approximate surface area is 170 Å². The Kier molecular flexibility index (Phi) is 4.05. The lowest BCUT2D eigenvalue weighted by Crippen LogP contribution is -2.58. The first kappa shape index (κ1) is 18.7. The summed E-state index contributed by atoms with van der Waals surface area (Å²) in [6.07, 6.45) is 8.12. The Morgan fingerprint density at radius 3 is 2.64 bits per heavy atom. The molecule has 1 saturated heterocycles. The number of hydrogen-bond acceptors (Lipinski definition) is 2. The SMILES string of the molecule is CCC12CC3CC(c4ccccc4)(C1)CC2(C(=O)NC1CCNCC1(C)C)C3. The molecule has 5 fully saturated rings. The van der Waals surface area contributed by atoms with Crippen LogP contribution in [-0.2, 0) is 10.2 Å². The lowest BCUT2D eigenvalue weighted by atomic mass is 9.63. The minimum absolute atomic E-state index is 0.122. The average molecular weight is 381 g/mol. The highest BCUT2D eigenvalue weighted by Gasteiger charge is 2.73. The van der Waals surface area contributed by atoms with Crippen molar-refractivity contribution in [1.82, 2.24) is 10.6 Å². The second-order valence-electron chi connectivity index (χ2n) is 11.2. The third kappa shape index (κ3) is 2.41. The molecule has 1 amide bonds. The molecule has 3 heteroatoms. The number of nitrogens with one attached hydrogen (secondary N) is 2. The maximum Gasteiger partial charge on any atom is 0.227 e. The minimum atomic E-state index is -0.151. The number of carbonyl (C=O) groups is 1. The molecule has 0 radical (unpaired) electrons. The predicted molar refractivity (Wildman–Crippen MR) is 113 cm³/mol. The van der Waals surface area contributed by atoms with Crippen molar-refractivity contribution in [3.05, 3.63) is 35.9 Å².